The summed E-state index contributed by atoms with van der Waals surface area (Å²) in [4.78, 5) is 24.3. The fourth-order valence-electron chi connectivity index (χ4n) is 0.979. The van der Waals surface area contributed by atoms with Crippen molar-refractivity contribution < 1.29 is 9.59 Å². The molecule has 9 heteroatoms. The Hall–Kier alpha value is -0.560. The van der Waals surface area contributed by atoms with Crippen molar-refractivity contribution in [1.82, 2.24) is 10.3 Å². The third-order valence-corrected chi connectivity index (χ3v) is 3.91. The molecule has 0 aromatic carbocycles. The summed E-state index contributed by atoms with van der Waals surface area (Å²) in [5.41, 5.74) is 5.34. The van der Waals surface area contributed by atoms with Crippen LogP contribution < -0.4 is 11.1 Å². The predicted molar refractivity (Wildman–Crippen MR) is 73.8 cm³/mol. The first-order chi connectivity index (χ1) is 8.32. The summed E-state index contributed by atoms with van der Waals surface area (Å²) in [6, 6.07) is 0. The van der Waals surface area contributed by atoms with Crippen molar-refractivity contribution >= 4 is 68.4 Å². The lowest BCUT2D eigenvalue weighted by Crippen LogP contribution is -2.21. The molecule has 1 atom stereocenters. The number of carbonyl (C=O) groups excluding carboxylic acids is 2. The van der Waals surface area contributed by atoms with Gasteiger partial charge in [0.1, 0.15) is 16.2 Å². The van der Waals surface area contributed by atoms with Gasteiger partial charge in [-0.25, -0.2) is 4.98 Å². The number of pyridine rings is 1. The molecule has 0 radical (unpaired) electrons. The maximum Gasteiger partial charge on any atom is 0.245 e. The number of halogens is 4. The van der Waals surface area contributed by atoms with Crippen molar-refractivity contribution in [3.05, 3.63) is 20.7 Å². The second-order valence-electron chi connectivity index (χ2n) is 3.20. The minimum atomic E-state index is -0.637. The van der Waals surface area contributed by atoms with E-state index >= 15 is 0 Å². The van der Waals surface area contributed by atoms with Gasteiger partial charge in [0.25, 0.3) is 0 Å². The predicted octanol–water partition coefficient (Wildman–Crippen LogP) is 2.37. The fourth-order valence-corrected chi connectivity index (χ4v) is 1.88. The number of nitrogens with one attached hydrogen (secondary N) is 1. The Morgan fingerprint density at radius 2 is 2.00 bits per heavy atom. The molecule has 1 aromatic rings. The van der Waals surface area contributed by atoms with Crippen LogP contribution in [-0.4, -0.2) is 22.2 Å². The largest absolute Gasteiger partial charge is 0.382 e. The number of nitrogens with zero attached hydrogens (tertiary/aromatic N) is 1. The molecule has 5 nitrogen and oxygen atoms in total. The molecule has 1 unspecified atom stereocenters. The Morgan fingerprint density at radius 3 is 2.33 bits per heavy atom. The lowest BCUT2D eigenvalue weighted by Gasteiger charge is -1.99. The van der Waals surface area contributed by atoms with Crippen molar-refractivity contribution in [3.63, 3.8) is 0 Å². The van der Waals surface area contributed by atoms with Crippen LogP contribution in [0.4, 0.5) is 5.82 Å². The highest BCUT2D eigenvalue weighted by Gasteiger charge is 2.27. The quantitative estimate of drug-likeness (QED) is 0.539. The zero-order valence-electron chi connectivity index (χ0n) is 8.71. The standard InChI is InChI=1S/C5H3BrCl2N2.C4H4ClNO2/c6-2-1-10-5(9)4(8)3(2)7;5-2-1-3(7)6-4(2)8/h1H,(H2,9,10);2H,1H2,(H,6,7,8). The SMILES string of the molecule is Nc1ncc(Br)c(Cl)c1Cl.O=C1CC(Cl)C(=O)N1. The number of imide groups is 1. The Kier molecular flexibility index (Phi) is 5.65. The second kappa shape index (κ2) is 6.56. The molecule has 18 heavy (non-hydrogen) atoms. The van der Waals surface area contributed by atoms with Crippen LogP contribution in [0.2, 0.25) is 10.0 Å². The molecule has 1 fully saturated rings. The zero-order valence-corrected chi connectivity index (χ0v) is 12.6. The second-order valence-corrected chi connectivity index (χ2v) is 5.34. The number of aromatic nitrogens is 1. The van der Waals surface area contributed by atoms with E-state index < -0.39 is 5.38 Å². The first-order valence-electron chi connectivity index (χ1n) is 4.55. The van der Waals surface area contributed by atoms with Gasteiger partial charge in [0, 0.05) is 6.20 Å². The first-order valence-corrected chi connectivity index (χ1v) is 6.54. The van der Waals surface area contributed by atoms with E-state index in [4.69, 9.17) is 40.5 Å². The molecule has 98 valence electrons. The monoisotopic (exact) mass is 373 g/mol. The van der Waals surface area contributed by atoms with Gasteiger partial charge >= 0.3 is 0 Å². The minimum Gasteiger partial charge on any atom is -0.382 e. The van der Waals surface area contributed by atoms with Crippen LogP contribution in [0, 0.1) is 0 Å². The number of hydrogen-bond acceptors (Lipinski definition) is 4. The molecule has 2 heterocycles. The number of hydrogen-bond donors (Lipinski definition) is 2. The molecule has 1 aliphatic rings. The number of anilines is 1. The molecule has 1 aliphatic heterocycles. The summed E-state index contributed by atoms with van der Waals surface area (Å²) in [5, 5.41) is 2.11. The highest BCUT2D eigenvalue weighted by atomic mass is 79.9. The Morgan fingerprint density at radius 1 is 1.39 bits per heavy atom. The first kappa shape index (κ1) is 15.5. The topological polar surface area (TPSA) is 85.1 Å². The van der Waals surface area contributed by atoms with E-state index in [1.807, 2.05) is 0 Å². The van der Waals surface area contributed by atoms with Crippen LogP contribution in [-0.2, 0) is 9.59 Å². The van der Waals surface area contributed by atoms with Crippen molar-refractivity contribution in [2.75, 3.05) is 5.73 Å². The highest BCUT2D eigenvalue weighted by Crippen LogP contribution is 2.32. The van der Waals surface area contributed by atoms with Gasteiger partial charge in [-0.1, -0.05) is 23.2 Å². The molecule has 2 rings (SSSR count). The molecule has 3 N–H and O–H groups in total. The van der Waals surface area contributed by atoms with Crippen molar-refractivity contribution in [1.29, 1.82) is 0 Å². The maximum absolute atomic E-state index is 10.3. The number of nitrogens with two attached hydrogens (primary N) is 1. The summed E-state index contributed by atoms with van der Waals surface area (Å²) in [6.07, 6.45) is 1.63. The van der Waals surface area contributed by atoms with Crippen molar-refractivity contribution in [2.24, 2.45) is 0 Å². The molecule has 0 aliphatic carbocycles. The van der Waals surface area contributed by atoms with E-state index in [2.05, 4.69) is 26.2 Å². The third-order valence-electron chi connectivity index (χ3n) is 1.86. The van der Waals surface area contributed by atoms with E-state index in [-0.39, 0.29) is 29.1 Å². The molecule has 1 aromatic heterocycles. The van der Waals surface area contributed by atoms with E-state index in [0.29, 0.717) is 9.50 Å². The number of rotatable bonds is 0. The molecule has 2 amide bonds. The van der Waals surface area contributed by atoms with Crippen LogP contribution in [0.5, 0.6) is 0 Å². The smallest absolute Gasteiger partial charge is 0.245 e. The highest BCUT2D eigenvalue weighted by molar-refractivity contribution is 9.10. The van der Waals surface area contributed by atoms with E-state index in [1.54, 1.807) is 0 Å². The number of carbonyl (C=O) groups is 2. The number of amides is 2. The van der Waals surface area contributed by atoms with Crippen LogP contribution >= 0.6 is 50.7 Å². The molecule has 0 bridgehead atoms. The summed E-state index contributed by atoms with van der Waals surface area (Å²) < 4.78 is 0.647. The van der Waals surface area contributed by atoms with Crippen molar-refractivity contribution in [2.45, 2.75) is 11.8 Å². The van der Waals surface area contributed by atoms with E-state index in [1.165, 1.54) is 6.20 Å². The fraction of sp³-hybridized carbons (Fsp3) is 0.222. The van der Waals surface area contributed by atoms with Crippen LogP contribution in [0.15, 0.2) is 10.7 Å². The Bertz CT molecular complexity index is 471. The number of alkyl halides is 1. The van der Waals surface area contributed by atoms with Crippen LogP contribution in [0.25, 0.3) is 0 Å². The lowest BCUT2D eigenvalue weighted by atomic mass is 10.4. The van der Waals surface area contributed by atoms with Gasteiger partial charge < -0.3 is 5.73 Å². The summed E-state index contributed by atoms with van der Waals surface area (Å²) in [5.74, 6) is -0.415. The normalized spacial score (nSPS) is 18.1. The zero-order chi connectivity index (χ0) is 13.9. The van der Waals surface area contributed by atoms with Gasteiger partial charge in [-0.05, 0) is 15.9 Å². The molecular formula is C9H7BrCl3N3O2. The molecular weight excluding hydrogens is 368 g/mol. The van der Waals surface area contributed by atoms with Gasteiger partial charge in [0.2, 0.25) is 11.8 Å². The Balaban J connectivity index is 0.000000184. The van der Waals surface area contributed by atoms with Crippen molar-refractivity contribution in [3.8, 4) is 0 Å². The molecule has 1 saturated heterocycles. The van der Waals surface area contributed by atoms with Crippen LogP contribution in [0.1, 0.15) is 6.42 Å². The van der Waals surface area contributed by atoms with Gasteiger partial charge in [0.15, 0.2) is 0 Å². The third kappa shape index (κ3) is 3.98. The Labute approximate surface area is 126 Å². The van der Waals surface area contributed by atoms with E-state index in [9.17, 15) is 9.59 Å². The van der Waals surface area contributed by atoms with E-state index in [0.717, 1.165) is 0 Å². The van der Waals surface area contributed by atoms with Gasteiger partial charge in [0.05, 0.1) is 15.9 Å². The minimum absolute atomic E-state index is 0.125. The van der Waals surface area contributed by atoms with Gasteiger partial charge in [-0.15, -0.1) is 11.6 Å². The average Bonchev–Trinajstić information content (AvgIpc) is 2.60. The maximum atomic E-state index is 10.3. The summed E-state index contributed by atoms with van der Waals surface area (Å²) >= 11 is 19.8. The number of nitrogen functional groups attached to an aromatic ring is 1. The molecule has 0 spiro atoms. The summed E-state index contributed by atoms with van der Waals surface area (Å²) in [7, 11) is 0. The van der Waals surface area contributed by atoms with Crippen LogP contribution in [0.3, 0.4) is 0 Å². The molecule has 0 saturated carbocycles. The lowest BCUT2D eigenvalue weighted by molar-refractivity contribution is -0.124. The van der Waals surface area contributed by atoms with Gasteiger partial charge in [-0.3, -0.25) is 14.9 Å². The summed E-state index contributed by atoms with van der Waals surface area (Å²) in [6.45, 7) is 0. The average molecular weight is 375 g/mol. The van der Waals surface area contributed by atoms with Gasteiger partial charge in [-0.2, -0.15) is 0 Å².